The molecule has 2 aromatic rings. The van der Waals surface area contributed by atoms with Crippen molar-refractivity contribution in [2.45, 2.75) is 38.8 Å². The lowest BCUT2D eigenvalue weighted by Crippen LogP contribution is -2.38. The Hall–Kier alpha value is -1.16. The van der Waals surface area contributed by atoms with Crippen LogP contribution in [-0.2, 0) is 6.54 Å². The molecule has 0 saturated carbocycles. The summed E-state index contributed by atoms with van der Waals surface area (Å²) in [5.41, 5.74) is 2.78. The van der Waals surface area contributed by atoms with E-state index < -0.39 is 0 Å². The van der Waals surface area contributed by atoms with Crippen LogP contribution in [0.5, 0.6) is 0 Å². The smallest absolute Gasteiger partial charge is 0.0566 e. The molecule has 1 aliphatic heterocycles. The predicted octanol–water partition coefficient (Wildman–Crippen LogP) is 4.37. The summed E-state index contributed by atoms with van der Waals surface area (Å²) in [5.74, 6) is 0. The summed E-state index contributed by atoms with van der Waals surface area (Å²) < 4.78 is 0. The summed E-state index contributed by atoms with van der Waals surface area (Å²) in [6.07, 6.45) is 4.09. The maximum Gasteiger partial charge on any atom is 0.0566 e. The molecule has 1 N–H and O–H groups in total. The summed E-state index contributed by atoms with van der Waals surface area (Å²) >= 11 is 1.89. The average Bonchev–Trinajstić information content (AvgIpc) is 3.08. The monoisotopic (exact) mass is 314 g/mol. The zero-order valence-electron chi connectivity index (χ0n) is 13.4. The Morgan fingerprint density at radius 1 is 1.09 bits per heavy atom. The lowest BCUT2D eigenvalue weighted by Gasteiger charge is -2.34. The first kappa shape index (κ1) is 15.7. The molecule has 3 rings (SSSR count). The van der Waals surface area contributed by atoms with E-state index in [2.05, 4.69) is 58.9 Å². The van der Waals surface area contributed by atoms with Gasteiger partial charge in [-0.2, -0.15) is 0 Å². The summed E-state index contributed by atoms with van der Waals surface area (Å²) in [5, 5.41) is 5.90. The summed E-state index contributed by atoms with van der Waals surface area (Å²) in [6.45, 7) is 6.68. The van der Waals surface area contributed by atoms with Crippen LogP contribution in [0.2, 0.25) is 0 Å². The molecule has 1 aromatic heterocycles. The number of nitrogens with zero attached hydrogens (tertiary/aromatic N) is 1. The highest BCUT2D eigenvalue weighted by Crippen LogP contribution is 2.27. The molecule has 0 radical (unpaired) electrons. The van der Waals surface area contributed by atoms with Gasteiger partial charge in [-0.3, -0.25) is 4.90 Å². The molecule has 2 heterocycles. The Balaban J connectivity index is 1.62. The molecule has 1 saturated heterocycles. The maximum atomic E-state index is 3.69. The summed E-state index contributed by atoms with van der Waals surface area (Å²) in [7, 11) is 0. The molecule has 1 atom stereocenters. The molecule has 1 fully saturated rings. The molecule has 0 bridgehead atoms. The lowest BCUT2D eigenvalue weighted by atomic mass is 10.1. The van der Waals surface area contributed by atoms with Crippen molar-refractivity contribution < 1.29 is 0 Å². The van der Waals surface area contributed by atoms with E-state index in [1.807, 2.05) is 11.3 Å². The van der Waals surface area contributed by atoms with Crippen LogP contribution in [0.4, 0.5) is 0 Å². The normalized spacial score (nSPS) is 17.5. The van der Waals surface area contributed by atoms with E-state index in [-0.39, 0.29) is 0 Å². The molecule has 2 nitrogen and oxygen atoms in total. The number of hydrogen-bond donors (Lipinski definition) is 1. The number of nitrogens with one attached hydrogen (secondary N) is 1. The van der Waals surface area contributed by atoms with Gasteiger partial charge in [0, 0.05) is 18.0 Å². The van der Waals surface area contributed by atoms with Crippen LogP contribution in [0.1, 0.15) is 41.3 Å². The fraction of sp³-hybridized carbons (Fsp3) is 0.474. The Morgan fingerprint density at radius 3 is 2.64 bits per heavy atom. The highest BCUT2D eigenvalue weighted by Gasteiger charge is 2.22. The van der Waals surface area contributed by atoms with Gasteiger partial charge in [0.25, 0.3) is 0 Å². The summed E-state index contributed by atoms with van der Waals surface area (Å²) in [4.78, 5) is 4.17. The molecule has 1 unspecified atom stereocenters. The second-order valence-corrected chi connectivity index (χ2v) is 7.16. The lowest BCUT2D eigenvalue weighted by molar-refractivity contribution is 0.162. The van der Waals surface area contributed by atoms with Gasteiger partial charge in [-0.05, 0) is 55.4 Å². The van der Waals surface area contributed by atoms with Crippen molar-refractivity contribution in [1.82, 2.24) is 10.2 Å². The maximum absolute atomic E-state index is 3.69. The predicted molar refractivity (Wildman–Crippen MR) is 95.4 cm³/mol. The van der Waals surface area contributed by atoms with E-state index in [9.17, 15) is 0 Å². The summed E-state index contributed by atoms with van der Waals surface area (Å²) in [6, 6.07) is 13.7. The van der Waals surface area contributed by atoms with E-state index in [0.717, 1.165) is 13.1 Å². The van der Waals surface area contributed by atoms with Crippen LogP contribution in [-0.4, -0.2) is 24.5 Å². The van der Waals surface area contributed by atoms with E-state index in [1.54, 1.807) is 0 Å². The van der Waals surface area contributed by atoms with E-state index in [4.69, 9.17) is 0 Å². The Bertz CT molecular complexity index is 559. The van der Waals surface area contributed by atoms with Crippen LogP contribution < -0.4 is 5.32 Å². The third-order valence-electron chi connectivity index (χ3n) is 4.62. The Kier molecular flexibility index (Phi) is 5.65. The van der Waals surface area contributed by atoms with Crippen LogP contribution in [0, 0.1) is 6.92 Å². The first-order valence-electron chi connectivity index (χ1n) is 8.37. The number of benzene rings is 1. The van der Waals surface area contributed by atoms with E-state index >= 15 is 0 Å². The quantitative estimate of drug-likeness (QED) is 0.851. The fourth-order valence-corrected chi connectivity index (χ4v) is 4.13. The van der Waals surface area contributed by atoms with Crippen molar-refractivity contribution in [1.29, 1.82) is 0 Å². The molecular formula is C19H26N2S. The minimum absolute atomic E-state index is 0.532. The molecule has 3 heteroatoms. The van der Waals surface area contributed by atoms with Gasteiger partial charge >= 0.3 is 0 Å². The third kappa shape index (κ3) is 3.97. The van der Waals surface area contributed by atoms with Crippen LogP contribution >= 0.6 is 11.3 Å². The van der Waals surface area contributed by atoms with Crippen molar-refractivity contribution in [2.75, 3.05) is 19.6 Å². The van der Waals surface area contributed by atoms with Gasteiger partial charge in [0.05, 0.1) is 6.04 Å². The number of thiophene rings is 1. The van der Waals surface area contributed by atoms with E-state index in [1.165, 1.54) is 48.4 Å². The van der Waals surface area contributed by atoms with Crippen LogP contribution in [0.25, 0.3) is 0 Å². The molecule has 118 valence electrons. The first-order chi connectivity index (χ1) is 10.8. The van der Waals surface area contributed by atoms with Gasteiger partial charge in [-0.1, -0.05) is 36.8 Å². The molecule has 0 spiro atoms. The van der Waals surface area contributed by atoms with E-state index in [0.29, 0.717) is 6.04 Å². The van der Waals surface area contributed by atoms with Gasteiger partial charge in [0.1, 0.15) is 0 Å². The zero-order valence-corrected chi connectivity index (χ0v) is 14.2. The number of hydrogen-bond acceptors (Lipinski definition) is 3. The molecule has 0 aliphatic carbocycles. The van der Waals surface area contributed by atoms with Crippen molar-refractivity contribution in [2.24, 2.45) is 0 Å². The highest BCUT2D eigenvalue weighted by atomic mass is 32.1. The third-order valence-corrected chi connectivity index (χ3v) is 5.59. The van der Waals surface area contributed by atoms with Crippen LogP contribution in [0.15, 0.2) is 41.8 Å². The van der Waals surface area contributed by atoms with Crippen molar-refractivity contribution in [3.8, 4) is 0 Å². The minimum atomic E-state index is 0.532. The molecule has 1 aromatic carbocycles. The first-order valence-corrected chi connectivity index (χ1v) is 9.25. The average molecular weight is 314 g/mol. The second kappa shape index (κ2) is 7.91. The SMILES string of the molecule is Cc1ccccc1CNCC(c1cccs1)N1CCCCC1. The Labute approximate surface area is 138 Å². The van der Waals surface area contributed by atoms with Gasteiger partial charge in [0.2, 0.25) is 0 Å². The van der Waals surface area contributed by atoms with Crippen molar-refractivity contribution >= 4 is 11.3 Å². The van der Waals surface area contributed by atoms with Gasteiger partial charge in [0.15, 0.2) is 0 Å². The standard InChI is InChI=1S/C19H26N2S/c1-16-8-3-4-9-17(16)14-20-15-18(19-10-7-13-22-19)21-11-5-2-6-12-21/h3-4,7-10,13,18,20H,2,5-6,11-12,14-15H2,1H3. The van der Waals surface area contributed by atoms with Gasteiger partial charge < -0.3 is 5.32 Å². The largest absolute Gasteiger partial charge is 0.311 e. The van der Waals surface area contributed by atoms with Gasteiger partial charge in [-0.25, -0.2) is 0 Å². The molecule has 1 aliphatic rings. The van der Waals surface area contributed by atoms with Crippen molar-refractivity contribution in [3.05, 3.63) is 57.8 Å². The highest BCUT2D eigenvalue weighted by molar-refractivity contribution is 7.10. The fourth-order valence-electron chi connectivity index (χ4n) is 3.27. The topological polar surface area (TPSA) is 15.3 Å². The van der Waals surface area contributed by atoms with Crippen molar-refractivity contribution in [3.63, 3.8) is 0 Å². The number of aryl methyl sites for hydroxylation is 1. The molecular weight excluding hydrogens is 288 g/mol. The number of rotatable bonds is 6. The van der Waals surface area contributed by atoms with Gasteiger partial charge in [-0.15, -0.1) is 11.3 Å². The number of likely N-dealkylation sites (tertiary alicyclic amines) is 1. The second-order valence-electron chi connectivity index (χ2n) is 6.19. The van der Waals surface area contributed by atoms with Crippen LogP contribution in [0.3, 0.4) is 0 Å². The minimum Gasteiger partial charge on any atom is -0.311 e. The number of piperidine rings is 1. The zero-order chi connectivity index (χ0) is 15.2. The molecule has 0 amide bonds. The Morgan fingerprint density at radius 2 is 1.91 bits per heavy atom. The molecule has 22 heavy (non-hydrogen) atoms.